The maximum atomic E-state index is 8.78. The molecule has 8 aromatic rings. The second-order valence-corrected chi connectivity index (χ2v) is 9.78. The second-order valence-electron chi connectivity index (χ2n) is 9.78. The van der Waals surface area contributed by atoms with Crippen LogP contribution >= 0.6 is 0 Å². The molecular formula is C40H26O. The van der Waals surface area contributed by atoms with Crippen molar-refractivity contribution < 1.29 is 18.1 Å². The van der Waals surface area contributed by atoms with Crippen molar-refractivity contribution in [1.29, 1.82) is 0 Å². The summed E-state index contributed by atoms with van der Waals surface area (Å²) < 4.78 is 89.4. The van der Waals surface area contributed by atoms with Gasteiger partial charge in [-0.05, 0) is 72.6 Å². The van der Waals surface area contributed by atoms with Gasteiger partial charge in [0.2, 0.25) is 0 Å². The molecule has 0 amide bonds. The summed E-state index contributed by atoms with van der Waals surface area (Å²) in [4.78, 5) is 0. The number of benzene rings is 7. The number of hydrogen-bond donors (Lipinski definition) is 0. The van der Waals surface area contributed by atoms with E-state index in [1.54, 1.807) is 24.5 Å². The van der Waals surface area contributed by atoms with Crippen molar-refractivity contribution in [2.45, 2.75) is 0 Å². The smallest absolute Gasteiger partial charge is 0.134 e. The summed E-state index contributed by atoms with van der Waals surface area (Å²) in [7, 11) is 0. The van der Waals surface area contributed by atoms with Crippen LogP contribution in [-0.2, 0) is 0 Å². The van der Waals surface area contributed by atoms with Gasteiger partial charge in [-0.25, -0.2) is 0 Å². The molecule has 1 heterocycles. The minimum atomic E-state index is -0.441. The Bertz CT molecular complexity index is 2630. The van der Waals surface area contributed by atoms with Crippen molar-refractivity contribution in [2.24, 2.45) is 0 Å². The highest BCUT2D eigenvalue weighted by molar-refractivity contribution is 6.21. The highest BCUT2D eigenvalue weighted by atomic mass is 16.3. The van der Waals surface area contributed by atoms with E-state index in [2.05, 4.69) is 0 Å². The molecule has 0 spiro atoms. The molecule has 7 aromatic carbocycles. The number of hydrogen-bond acceptors (Lipinski definition) is 1. The summed E-state index contributed by atoms with van der Waals surface area (Å²) >= 11 is 0. The summed E-state index contributed by atoms with van der Waals surface area (Å²) in [6, 6.07) is 25.1. The van der Waals surface area contributed by atoms with Crippen molar-refractivity contribution in [1.82, 2.24) is 0 Å². The highest BCUT2D eigenvalue weighted by Crippen LogP contribution is 2.44. The monoisotopic (exact) mass is 532 g/mol. The lowest BCUT2D eigenvalue weighted by molar-refractivity contribution is 0.617. The standard InChI is InChI=1S/C40H26O/c1-3-11-27(12-4-1)31-23-24-38-36(25-31)37(26-41-38)28-19-21-30(22-20-28)40-34-17-9-7-15-32(34)39(29-13-5-2-6-14-29)33-16-8-10-18-35(33)40/h1-26H/i1D,2D,3D,4D,5D,6D,11D,12D,13D,14D. The molecule has 0 fully saturated rings. The number of rotatable bonds is 4. The predicted octanol–water partition coefficient (Wildman–Crippen LogP) is 11.4. The lowest BCUT2D eigenvalue weighted by Gasteiger charge is -2.17. The van der Waals surface area contributed by atoms with E-state index in [0.717, 1.165) is 49.2 Å². The Morgan fingerprint density at radius 2 is 0.902 bits per heavy atom. The third-order valence-corrected chi connectivity index (χ3v) is 7.53. The van der Waals surface area contributed by atoms with Crippen LogP contribution in [0.15, 0.2) is 162 Å². The third kappa shape index (κ3) is 3.94. The average molecular weight is 533 g/mol. The molecule has 0 N–H and O–H groups in total. The topological polar surface area (TPSA) is 13.1 Å². The minimum absolute atomic E-state index is 0.121. The van der Waals surface area contributed by atoms with E-state index in [0.29, 0.717) is 16.7 Å². The van der Waals surface area contributed by atoms with Crippen LogP contribution in [0.5, 0.6) is 0 Å². The summed E-state index contributed by atoms with van der Waals surface area (Å²) in [5.74, 6) is 0. The first kappa shape index (κ1) is 15.4. The van der Waals surface area contributed by atoms with Crippen LogP contribution in [-0.4, -0.2) is 0 Å². The van der Waals surface area contributed by atoms with Gasteiger partial charge in [-0.15, -0.1) is 0 Å². The molecule has 0 aliphatic rings. The van der Waals surface area contributed by atoms with Gasteiger partial charge in [0.1, 0.15) is 5.58 Å². The van der Waals surface area contributed by atoms with E-state index in [9.17, 15) is 0 Å². The van der Waals surface area contributed by atoms with Gasteiger partial charge >= 0.3 is 0 Å². The first-order valence-corrected chi connectivity index (χ1v) is 13.2. The second kappa shape index (κ2) is 9.66. The fraction of sp³-hybridized carbons (Fsp3) is 0. The van der Waals surface area contributed by atoms with E-state index in [-0.39, 0.29) is 47.4 Å². The first-order chi connectivity index (χ1) is 24.5. The van der Waals surface area contributed by atoms with Gasteiger partial charge in [-0.2, -0.15) is 0 Å². The summed E-state index contributed by atoms with van der Waals surface area (Å²) in [6.45, 7) is 0. The molecule has 8 rings (SSSR count). The molecule has 0 bridgehead atoms. The number of fused-ring (bicyclic) bond motifs is 3. The van der Waals surface area contributed by atoms with E-state index in [1.807, 2.05) is 72.8 Å². The van der Waals surface area contributed by atoms with Crippen LogP contribution in [0.4, 0.5) is 0 Å². The molecule has 1 aromatic heterocycles. The van der Waals surface area contributed by atoms with Crippen LogP contribution in [0.3, 0.4) is 0 Å². The van der Waals surface area contributed by atoms with Crippen LogP contribution in [0.25, 0.3) is 77.0 Å². The zero-order valence-corrected chi connectivity index (χ0v) is 21.6. The largest absolute Gasteiger partial charge is 0.464 e. The van der Waals surface area contributed by atoms with Crippen LogP contribution < -0.4 is 0 Å². The predicted molar refractivity (Wildman–Crippen MR) is 173 cm³/mol. The van der Waals surface area contributed by atoms with Gasteiger partial charge in [0.05, 0.1) is 20.0 Å². The summed E-state index contributed by atoms with van der Waals surface area (Å²) in [5, 5.41) is 3.97. The molecular weight excluding hydrogens is 496 g/mol. The van der Waals surface area contributed by atoms with Crippen LogP contribution in [0.2, 0.25) is 0 Å². The Labute approximate surface area is 253 Å². The minimum Gasteiger partial charge on any atom is -0.464 e. The molecule has 0 aliphatic carbocycles. The van der Waals surface area contributed by atoms with Crippen molar-refractivity contribution in [3.63, 3.8) is 0 Å². The molecule has 0 atom stereocenters. The van der Waals surface area contributed by atoms with Crippen molar-refractivity contribution in [2.75, 3.05) is 0 Å². The molecule has 1 heteroatoms. The van der Waals surface area contributed by atoms with E-state index >= 15 is 0 Å². The molecule has 0 radical (unpaired) electrons. The van der Waals surface area contributed by atoms with Gasteiger partial charge in [-0.1, -0.05) is 139 Å². The Morgan fingerprint density at radius 1 is 0.415 bits per heavy atom. The van der Waals surface area contributed by atoms with E-state index < -0.39 is 24.2 Å². The average Bonchev–Trinajstić information content (AvgIpc) is 3.58. The fourth-order valence-corrected chi connectivity index (χ4v) is 5.70. The van der Waals surface area contributed by atoms with Gasteiger partial charge in [0, 0.05) is 10.9 Å². The molecule has 41 heavy (non-hydrogen) atoms. The normalized spacial score (nSPS) is 14.8. The van der Waals surface area contributed by atoms with Gasteiger partial charge in [0.25, 0.3) is 0 Å². The maximum Gasteiger partial charge on any atom is 0.134 e. The molecule has 0 aliphatic heterocycles. The Kier molecular flexibility index (Phi) is 3.63. The van der Waals surface area contributed by atoms with Gasteiger partial charge in [-0.3, -0.25) is 0 Å². The lowest BCUT2D eigenvalue weighted by Crippen LogP contribution is -1.90. The van der Waals surface area contributed by atoms with Crippen molar-refractivity contribution in [3.8, 4) is 44.5 Å². The zero-order chi connectivity index (χ0) is 35.9. The van der Waals surface area contributed by atoms with Crippen molar-refractivity contribution in [3.05, 3.63) is 158 Å². The van der Waals surface area contributed by atoms with Crippen LogP contribution in [0, 0.1) is 0 Å². The fourth-order valence-electron chi connectivity index (χ4n) is 5.70. The Balaban J connectivity index is 1.30. The molecule has 0 saturated heterocycles. The zero-order valence-electron chi connectivity index (χ0n) is 31.6. The summed E-state index contributed by atoms with van der Waals surface area (Å²) in [6.07, 6.45) is 1.64. The first-order valence-electron chi connectivity index (χ1n) is 18.2. The third-order valence-electron chi connectivity index (χ3n) is 7.53. The molecule has 192 valence electrons. The van der Waals surface area contributed by atoms with Crippen molar-refractivity contribution >= 4 is 32.5 Å². The van der Waals surface area contributed by atoms with E-state index in [4.69, 9.17) is 18.1 Å². The maximum absolute atomic E-state index is 8.78. The number of furan rings is 1. The summed E-state index contributed by atoms with van der Waals surface area (Å²) in [5.41, 5.74) is 5.40. The van der Waals surface area contributed by atoms with Crippen LogP contribution in [0.1, 0.15) is 13.7 Å². The molecule has 1 nitrogen and oxygen atoms in total. The van der Waals surface area contributed by atoms with E-state index in [1.165, 1.54) is 0 Å². The quantitative estimate of drug-likeness (QED) is 0.205. The molecule has 0 unspecified atom stereocenters. The SMILES string of the molecule is [2H]c1c([2H])c([2H])c(-c2ccc3occ(-c4ccc(-c5c6ccccc6c(-c6c([2H])c([2H])c([2H])c([2H])c6[2H])c6ccccc56)cc4)c3c2)c([2H])c1[2H]. The molecule has 0 saturated carbocycles. The van der Waals surface area contributed by atoms with Gasteiger partial charge in [0.15, 0.2) is 0 Å². The Hall–Kier alpha value is -5.40. The Morgan fingerprint density at radius 3 is 1.49 bits per heavy atom. The lowest BCUT2D eigenvalue weighted by atomic mass is 9.86. The van der Waals surface area contributed by atoms with Gasteiger partial charge < -0.3 is 4.42 Å². The highest BCUT2D eigenvalue weighted by Gasteiger charge is 2.17.